The van der Waals surface area contributed by atoms with Crippen LogP contribution in [0.15, 0.2) is 49.6 Å². The van der Waals surface area contributed by atoms with Gasteiger partial charge in [0.15, 0.2) is 0 Å². The van der Waals surface area contributed by atoms with Crippen molar-refractivity contribution in [3.63, 3.8) is 0 Å². The van der Waals surface area contributed by atoms with Crippen LogP contribution in [-0.4, -0.2) is 90.9 Å². The fourth-order valence-electron chi connectivity index (χ4n) is 6.59. The van der Waals surface area contributed by atoms with Gasteiger partial charge in [-0.2, -0.15) is 0 Å². The smallest absolute Gasteiger partial charge is 0.312 e. The third-order valence-electron chi connectivity index (χ3n) is 8.55. The van der Waals surface area contributed by atoms with Crippen LogP contribution in [0.4, 0.5) is 5.69 Å². The number of likely N-dealkylation sites (tertiary alicyclic amines) is 1. The van der Waals surface area contributed by atoms with Crippen molar-refractivity contribution >= 4 is 29.4 Å². The quantitative estimate of drug-likeness (QED) is 0.169. The molecular formula is C32H43N3O8. The highest BCUT2D eigenvalue weighted by molar-refractivity contribution is 6.04. The van der Waals surface area contributed by atoms with Crippen LogP contribution in [0.25, 0.3) is 0 Å². The van der Waals surface area contributed by atoms with Gasteiger partial charge in [-0.25, -0.2) is 0 Å². The summed E-state index contributed by atoms with van der Waals surface area (Å²) in [6, 6.07) is 6.09. The van der Waals surface area contributed by atoms with Gasteiger partial charge in [-0.3, -0.25) is 19.2 Å². The lowest BCUT2D eigenvalue weighted by Crippen LogP contribution is -2.56. The lowest BCUT2D eigenvalue weighted by Gasteiger charge is -2.36. The number of rotatable bonds is 16. The highest BCUT2D eigenvalue weighted by Crippen LogP contribution is 2.59. The molecule has 1 aromatic carbocycles. The minimum atomic E-state index is -1.18. The Morgan fingerprint density at radius 1 is 1.23 bits per heavy atom. The second kappa shape index (κ2) is 14.2. The van der Waals surface area contributed by atoms with Crippen LogP contribution in [0.5, 0.6) is 5.75 Å². The van der Waals surface area contributed by atoms with Crippen LogP contribution in [0.2, 0.25) is 0 Å². The number of amides is 3. The van der Waals surface area contributed by atoms with Crippen molar-refractivity contribution in [2.75, 3.05) is 38.3 Å². The number of carbonyl (C=O) groups is 4. The lowest BCUT2D eigenvalue weighted by atomic mass is 9.70. The molecule has 3 heterocycles. The third-order valence-corrected chi connectivity index (χ3v) is 8.55. The van der Waals surface area contributed by atoms with Gasteiger partial charge in [0.2, 0.25) is 11.8 Å². The molecule has 0 saturated carbocycles. The molecule has 6 atom stereocenters. The molecule has 2 bridgehead atoms. The molecule has 3 saturated heterocycles. The van der Waals surface area contributed by atoms with Gasteiger partial charge < -0.3 is 34.4 Å². The van der Waals surface area contributed by atoms with Crippen molar-refractivity contribution in [1.29, 1.82) is 0 Å². The molecule has 3 amide bonds. The highest BCUT2D eigenvalue weighted by atomic mass is 16.6. The minimum Gasteiger partial charge on any atom is -0.497 e. The maximum Gasteiger partial charge on any atom is 0.312 e. The van der Waals surface area contributed by atoms with Crippen molar-refractivity contribution in [2.45, 2.75) is 69.3 Å². The molecule has 0 aromatic heterocycles. The van der Waals surface area contributed by atoms with Crippen LogP contribution < -0.4 is 15.0 Å². The highest BCUT2D eigenvalue weighted by Gasteiger charge is 2.75. The number of ether oxygens (including phenoxy) is 3. The number of fused-ring (bicyclic) bond motifs is 1. The van der Waals surface area contributed by atoms with Crippen molar-refractivity contribution in [1.82, 2.24) is 10.2 Å². The van der Waals surface area contributed by atoms with Gasteiger partial charge in [0.25, 0.3) is 5.91 Å². The van der Waals surface area contributed by atoms with E-state index < -0.39 is 41.7 Å². The van der Waals surface area contributed by atoms with Gasteiger partial charge in [-0.05, 0) is 63.3 Å². The Bertz CT molecular complexity index is 1200. The van der Waals surface area contributed by atoms with Gasteiger partial charge in [-0.15, -0.1) is 13.2 Å². The number of anilines is 1. The lowest BCUT2D eigenvalue weighted by molar-refractivity contribution is -0.159. The number of aliphatic hydroxyl groups is 1. The Morgan fingerprint density at radius 3 is 2.63 bits per heavy atom. The number of aliphatic hydroxyl groups excluding tert-OH is 1. The van der Waals surface area contributed by atoms with E-state index in [1.54, 1.807) is 55.4 Å². The average molecular weight is 598 g/mol. The van der Waals surface area contributed by atoms with Crippen molar-refractivity contribution in [3.8, 4) is 5.75 Å². The van der Waals surface area contributed by atoms with E-state index in [0.29, 0.717) is 50.0 Å². The summed E-state index contributed by atoms with van der Waals surface area (Å²) in [5, 5.41) is 12.1. The van der Waals surface area contributed by atoms with Crippen LogP contribution in [0.1, 0.15) is 45.4 Å². The number of nitrogens with zero attached hydrogens (tertiary/aromatic N) is 2. The maximum absolute atomic E-state index is 14.4. The fourth-order valence-corrected chi connectivity index (χ4v) is 6.59. The molecule has 3 aliphatic heterocycles. The van der Waals surface area contributed by atoms with E-state index in [1.165, 1.54) is 4.90 Å². The van der Waals surface area contributed by atoms with Crippen molar-refractivity contribution in [2.24, 2.45) is 11.8 Å². The van der Waals surface area contributed by atoms with Crippen molar-refractivity contribution < 1.29 is 38.5 Å². The average Bonchev–Trinajstić information content (AvgIpc) is 3.65. The first-order chi connectivity index (χ1) is 20.7. The van der Waals surface area contributed by atoms with Crippen molar-refractivity contribution in [3.05, 3.63) is 49.6 Å². The number of allylic oxidation sites excluding steroid dienone is 1. The summed E-state index contributed by atoms with van der Waals surface area (Å²) in [7, 11) is 1.56. The molecule has 1 aromatic rings. The summed E-state index contributed by atoms with van der Waals surface area (Å²) < 4.78 is 17.5. The molecule has 2 N–H and O–H groups in total. The Hall–Kier alpha value is -3.70. The molecule has 0 unspecified atom stereocenters. The van der Waals surface area contributed by atoms with Crippen LogP contribution in [-0.2, 0) is 28.7 Å². The Labute approximate surface area is 252 Å². The predicted molar refractivity (Wildman–Crippen MR) is 159 cm³/mol. The Balaban J connectivity index is 1.59. The Morgan fingerprint density at radius 2 is 1.98 bits per heavy atom. The molecule has 11 heteroatoms. The second-order valence-electron chi connectivity index (χ2n) is 11.3. The standard InChI is InChI=1S/C32H43N3O8/c1-5-7-10-25(37)33-20-21(3)42-31(40)26-24-15-16-32(43-24)27(26)29(38)35(18-8-9-19-36)28(32)30(39)34(17-6-2)22-11-13-23(41-4)14-12-22/h5-6,11-14,21,24,26-28,36H,1-2,7-10,15-20H2,3-4H3,(H,33,37)/t21-,24+,26-,27-,28+,32-/m1/s1. The fraction of sp³-hybridized carbons (Fsp3) is 0.562. The summed E-state index contributed by atoms with van der Waals surface area (Å²) in [6.07, 6.45) is 4.84. The largest absolute Gasteiger partial charge is 0.497 e. The SMILES string of the molecule is C=CCCC(=O)NC[C@@H](C)OC(=O)[C@@H]1[C@@H]2CC[C@]3(O2)[C@H](C(=O)N(CC=C)c2ccc(OC)cc2)N(CCCCO)C(=O)[C@@H]13. The molecule has 11 nitrogen and oxygen atoms in total. The molecule has 0 radical (unpaired) electrons. The van der Waals surface area contributed by atoms with Gasteiger partial charge in [0.05, 0.1) is 31.6 Å². The van der Waals surface area contributed by atoms with Gasteiger partial charge in [0, 0.05) is 31.8 Å². The predicted octanol–water partition coefficient (Wildman–Crippen LogP) is 2.38. The number of hydrogen-bond donors (Lipinski definition) is 2. The second-order valence-corrected chi connectivity index (χ2v) is 11.3. The topological polar surface area (TPSA) is 135 Å². The minimum absolute atomic E-state index is 0.0425. The first-order valence-electron chi connectivity index (χ1n) is 15.0. The molecule has 0 aliphatic carbocycles. The first kappa shape index (κ1) is 32.2. The third kappa shape index (κ3) is 6.47. The summed E-state index contributed by atoms with van der Waals surface area (Å²) >= 11 is 0. The molecule has 1 spiro atoms. The molecule has 3 fully saturated rings. The summed E-state index contributed by atoms with van der Waals surface area (Å²) in [5.74, 6) is -2.49. The number of methoxy groups -OCH3 is 1. The molecular weight excluding hydrogens is 554 g/mol. The van der Waals surface area contributed by atoms with E-state index in [4.69, 9.17) is 14.2 Å². The van der Waals surface area contributed by atoms with E-state index >= 15 is 0 Å². The molecule has 43 heavy (non-hydrogen) atoms. The summed E-state index contributed by atoms with van der Waals surface area (Å²) in [4.78, 5) is 57.2. The number of carbonyl (C=O) groups excluding carboxylic acids is 4. The van der Waals surface area contributed by atoms with Crippen LogP contribution in [0, 0.1) is 11.8 Å². The molecule has 4 rings (SSSR count). The number of nitrogens with one attached hydrogen (secondary N) is 1. The number of esters is 1. The van der Waals surface area contributed by atoms with Gasteiger partial charge in [-0.1, -0.05) is 12.2 Å². The van der Waals surface area contributed by atoms with Crippen LogP contribution in [0.3, 0.4) is 0 Å². The monoisotopic (exact) mass is 597 g/mol. The normalized spacial score (nSPS) is 26.0. The first-order valence-corrected chi connectivity index (χ1v) is 15.0. The number of hydrogen-bond acceptors (Lipinski definition) is 8. The van der Waals surface area contributed by atoms with E-state index in [-0.39, 0.29) is 44.0 Å². The van der Waals surface area contributed by atoms with E-state index in [1.807, 2.05) is 0 Å². The van der Waals surface area contributed by atoms with E-state index in [2.05, 4.69) is 18.5 Å². The maximum atomic E-state index is 14.4. The summed E-state index contributed by atoms with van der Waals surface area (Å²) in [6.45, 7) is 9.65. The number of unbranched alkanes of at least 4 members (excludes halogenated alkanes) is 1. The van der Waals surface area contributed by atoms with Crippen LogP contribution >= 0.6 is 0 Å². The zero-order valence-electron chi connectivity index (χ0n) is 25.0. The number of benzene rings is 1. The molecule has 3 aliphatic rings. The van der Waals surface area contributed by atoms with E-state index in [0.717, 1.165) is 0 Å². The van der Waals surface area contributed by atoms with E-state index in [9.17, 15) is 24.3 Å². The zero-order chi connectivity index (χ0) is 31.1. The van der Waals surface area contributed by atoms with Gasteiger partial charge >= 0.3 is 5.97 Å². The molecule has 234 valence electrons. The van der Waals surface area contributed by atoms with Gasteiger partial charge in [0.1, 0.15) is 23.5 Å². The Kier molecular flexibility index (Phi) is 10.6. The summed E-state index contributed by atoms with van der Waals surface area (Å²) in [5.41, 5.74) is -0.573. The zero-order valence-corrected chi connectivity index (χ0v) is 25.0.